The number of rotatable bonds is 2. The molecule has 0 fully saturated rings. The van der Waals surface area contributed by atoms with E-state index in [-0.39, 0.29) is 35.2 Å². The van der Waals surface area contributed by atoms with Gasteiger partial charge in [0.2, 0.25) is 0 Å². The Morgan fingerprint density at radius 1 is 1.42 bits per heavy atom. The van der Waals surface area contributed by atoms with Crippen LogP contribution in [0.3, 0.4) is 0 Å². The highest BCUT2D eigenvalue weighted by atomic mass is 19.1. The molecule has 3 aromatic rings. The van der Waals surface area contributed by atoms with Crippen molar-refractivity contribution < 1.29 is 27.5 Å². The van der Waals surface area contributed by atoms with Crippen LogP contribution in [0, 0.1) is 23.0 Å². The molecule has 4 rings (SSSR count). The number of H-pyrrole nitrogens is 1. The van der Waals surface area contributed by atoms with Gasteiger partial charge in [0.15, 0.2) is 0 Å². The molecular weight excluding hydrogens is 346 g/mol. The monoisotopic (exact) mass is 358 g/mol. The van der Waals surface area contributed by atoms with Crippen LogP contribution < -0.4 is 0 Å². The number of aromatic nitrogens is 1. The molecule has 0 bridgehead atoms. The van der Waals surface area contributed by atoms with E-state index < -0.39 is 23.4 Å². The molecule has 1 aliphatic rings. The first kappa shape index (κ1) is 16.3. The molecule has 1 atom stereocenters. The Bertz CT molecular complexity index is 1070. The molecule has 1 aliphatic heterocycles. The lowest BCUT2D eigenvalue weighted by atomic mass is 9.94. The Balaban J connectivity index is 2.10. The summed E-state index contributed by atoms with van der Waals surface area (Å²) in [5.41, 5.74) is 0.753. The third-order valence-corrected chi connectivity index (χ3v) is 4.37. The Labute approximate surface area is 145 Å². The average Bonchev–Trinajstić information content (AvgIpc) is 3.24. The van der Waals surface area contributed by atoms with Crippen molar-refractivity contribution in [3.05, 3.63) is 58.7 Å². The molecule has 0 aliphatic carbocycles. The lowest BCUT2D eigenvalue weighted by molar-refractivity contribution is -0.222. The number of benzene rings is 1. The van der Waals surface area contributed by atoms with E-state index in [1.54, 1.807) is 12.1 Å². The van der Waals surface area contributed by atoms with Gasteiger partial charge in [0, 0.05) is 18.4 Å². The van der Waals surface area contributed by atoms with Crippen LogP contribution in [-0.2, 0) is 26.5 Å². The Morgan fingerprint density at radius 3 is 2.88 bits per heavy atom. The number of halogens is 2. The standard InChI is InChI=1S/C18H12F2N2O4/c1-9(23)26-18(10-2-4-24-8-10)17-11(3-5-25-18)15-12(7-21)13(19)6-14(20)16(15)22-17/h2,4,6,8,22H,3,5H2,1H3. The van der Waals surface area contributed by atoms with Gasteiger partial charge in [-0.3, -0.25) is 4.79 Å². The van der Waals surface area contributed by atoms with Gasteiger partial charge in [-0.2, -0.15) is 5.26 Å². The van der Waals surface area contributed by atoms with Crippen LogP contribution in [-0.4, -0.2) is 17.6 Å². The number of ether oxygens (including phenoxy) is 2. The van der Waals surface area contributed by atoms with Crippen LogP contribution in [0.25, 0.3) is 10.9 Å². The highest BCUT2D eigenvalue weighted by molar-refractivity contribution is 5.91. The Morgan fingerprint density at radius 2 is 2.23 bits per heavy atom. The topological polar surface area (TPSA) is 88.2 Å². The average molecular weight is 358 g/mol. The number of nitrogens with zero attached hydrogens (tertiary/aromatic N) is 1. The highest BCUT2D eigenvalue weighted by Crippen LogP contribution is 2.44. The molecule has 1 unspecified atom stereocenters. The van der Waals surface area contributed by atoms with Gasteiger partial charge in [-0.1, -0.05) is 0 Å². The summed E-state index contributed by atoms with van der Waals surface area (Å²) in [6.07, 6.45) is 3.00. The summed E-state index contributed by atoms with van der Waals surface area (Å²) in [5.74, 6) is -4.13. The van der Waals surface area contributed by atoms with E-state index in [0.717, 1.165) is 0 Å². The zero-order valence-corrected chi connectivity index (χ0v) is 13.6. The lowest BCUT2D eigenvalue weighted by Crippen LogP contribution is -2.40. The summed E-state index contributed by atoms with van der Waals surface area (Å²) in [6, 6.07) is 3.97. The number of carbonyl (C=O) groups excluding carboxylic acids is 1. The predicted molar refractivity (Wildman–Crippen MR) is 83.8 cm³/mol. The third-order valence-electron chi connectivity index (χ3n) is 4.37. The number of nitriles is 1. The summed E-state index contributed by atoms with van der Waals surface area (Å²) in [5, 5.41) is 9.46. The zero-order chi connectivity index (χ0) is 18.5. The molecular formula is C18H12F2N2O4. The summed E-state index contributed by atoms with van der Waals surface area (Å²) >= 11 is 0. The summed E-state index contributed by atoms with van der Waals surface area (Å²) in [4.78, 5) is 14.6. The van der Waals surface area contributed by atoms with Crippen LogP contribution in [0.5, 0.6) is 0 Å². The van der Waals surface area contributed by atoms with E-state index in [2.05, 4.69) is 4.98 Å². The molecule has 0 spiro atoms. The predicted octanol–water partition coefficient (Wildman–Crippen LogP) is 3.25. The molecule has 132 valence electrons. The maximum atomic E-state index is 14.4. The van der Waals surface area contributed by atoms with Crippen molar-refractivity contribution in [1.29, 1.82) is 5.26 Å². The van der Waals surface area contributed by atoms with Gasteiger partial charge in [-0.05, 0) is 18.1 Å². The minimum absolute atomic E-state index is 0.0431. The quantitative estimate of drug-likeness (QED) is 0.711. The van der Waals surface area contributed by atoms with Crippen molar-refractivity contribution in [3.8, 4) is 6.07 Å². The third kappa shape index (κ3) is 2.14. The summed E-state index contributed by atoms with van der Waals surface area (Å²) < 4.78 is 44.8. The molecule has 8 heteroatoms. The molecule has 0 saturated heterocycles. The van der Waals surface area contributed by atoms with Crippen molar-refractivity contribution in [1.82, 2.24) is 4.98 Å². The fourth-order valence-electron chi connectivity index (χ4n) is 3.40. The number of hydrogen-bond donors (Lipinski definition) is 1. The van der Waals surface area contributed by atoms with Crippen LogP contribution in [0.15, 0.2) is 29.1 Å². The zero-order valence-electron chi connectivity index (χ0n) is 13.6. The smallest absolute Gasteiger partial charge is 0.305 e. The number of carbonyl (C=O) groups is 1. The molecule has 6 nitrogen and oxygen atoms in total. The van der Waals surface area contributed by atoms with Crippen molar-refractivity contribution >= 4 is 16.9 Å². The maximum absolute atomic E-state index is 14.4. The van der Waals surface area contributed by atoms with E-state index in [1.807, 2.05) is 0 Å². The van der Waals surface area contributed by atoms with Gasteiger partial charge >= 0.3 is 5.97 Å². The first-order valence-electron chi connectivity index (χ1n) is 7.77. The maximum Gasteiger partial charge on any atom is 0.305 e. The number of esters is 1. The van der Waals surface area contributed by atoms with Crippen LogP contribution in [0.1, 0.15) is 29.3 Å². The van der Waals surface area contributed by atoms with E-state index in [9.17, 15) is 18.8 Å². The van der Waals surface area contributed by atoms with E-state index >= 15 is 0 Å². The molecule has 0 amide bonds. The largest absolute Gasteiger partial charge is 0.472 e. The SMILES string of the molecule is CC(=O)OC1(c2ccoc2)OCCc2c1[nH]c1c(F)cc(F)c(C#N)c21. The minimum atomic E-state index is -1.69. The molecule has 1 aromatic carbocycles. The summed E-state index contributed by atoms with van der Waals surface area (Å²) in [6.45, 7) is 1.32. The second-order valence-corrected chi connectivity index (χ2v) is 5.88. The van der Waals surface area contributed by atoms with Gasteiger partial charge in [0.25, 0.3) is 5.79 Å². The molecule has 2 aromatic heterocycles. The van der Waals surface area contributed by atoms with Crippen LogP contribution in [0.2, 0.25) is 0 Å². The number of fused-ring (bicyclic) bond motifs is 3. The van der Waals surface area contributed by atoms with Gasteiger partial charge in [0.05, 0.1) is 35.2 Å². The molecule has 0 radical (unpaired) electrons. The van der Waals surface area contributed by atoms with Crippen molar-refractivity contribution in [2.45, 2.75) is 19.1 Å². The molecule has 0 saturated carbocycles. The molecule has 26 heavy (non-hydrogen) atoms. The number of nitrogens with one attached hydrogen (secondary N) is 1. The van der Waals surface area contributed by atoms with Gasteiger partial charge in [-0.25, -0.2) is 8.78 Å². The minimum Gasteiger partial charge on any atom is -0.472 e. The van der Waals surface area contributed by atoms with Crippen molar-refractivity contribution in [2.24, 2.45) is 0 Å². The fraction of sp³-hybridized carbons (Fsp3) is 0.222. The normalized spacial score (nSPS) is 19.2. The van der Waals surface area contributed by atoms with Gasteiger partial charge in [0.1, 0.15) is 24.0 Å². The van der Waals surface area contributed by atoms with E-state index in [1.165, 1.54) is 19.5 Å². The van der Waals surface area contributed by atoms with Gasteiger partial charge < -0.3 is 18.9 Å². The second-order valence-electron chi connectivity index (χ2n) is 5.88. The fourth-order valence-corrected chi connectivity index (χ4v) is 3.40. The van der Waals surface area contributed by atoms with Crippen LogP contribution in [0.4, 0.5) is 8.78 Å². The van der Waals surface area contributed by atoms with Crippen molar-refractivity contribution in [2.75, 3.05) is 6.61 Å². The summed E-state index contributed by atoms with van der Waals surface area (Å²) in [7, 11) is 0. The highest BCUT2D eigenvalue weighted by Gasteiger charge is 2.47. The molecule has 1 N–H and O–H groups in total. The Hall–Kier alpha value is -3.18. The number of furan rings is 1. The second kappa shape index (κ2) is 5.68. The van der Waals surface area contributed by atoms with Crippen LogP contribution >= 0.6 is 0 Å². The van der Waals surface area contributed by atoms with E-state index in [0.29, 0.717) is 17.2 Å². The molecule has 3 heterocycles. The first-order chi connectivity index (χ1) is 12.5. The van der Waals surface area contributed by atoms with Crippen molar-refractivity contribution in [3.63, 3.8) is 0 Å². The van der Waals surface area contributed by atoms with Gasteiger partial charge in [-0.15, -0.1) is 0 Å². The number of aromatic amines is 1. The lowest BCUT2D eigenvalue weighted by Gasteiger charge is -2.35. The Kier molecular flexibility index (Phi) is 3.56. The van der Waals surface area contributed by atoms with E-state index in [4.69, 9.17) is 13.9 Å². The number of hydrogen-bond acceptors (Lipinski definition) is 5. The first-order valence-corrected chi connectivity index (χ1v) is 7.77.